The van der Waals surface area contributed by atoms with Gasteiger partial charge in [0, 0.05) is 35.2 Å². The van der Waals surface area contributed by atoms with Gasteiger partial charge in [-0.15, -0.1) is 0 Å². The maximum absolute atomic E-state index is 13.9. The Morgan fingerprint density at radius 1 is 0.776 bits per heavy atom. The molecule has 0 aliphatic heterocycles. The quantitative estimate of drug-likeness (QED) is 0.126. The second kappa shape index (κ2) is 16.5. The molecule has 2 amide bonds. The SMILES string of the molecule is O=C(NCc1ccccc1Cl)[C@H](Cc1ccccc1)N(Cc1ccc(Cl)cc1)C(=O)COc1ccc(S(=O)(=O)Nc2ccc(F)cc2)cc1. The molecular weight excluding hydrogens is 688 g/mol. The second-order valence-corrected chi connectivity index (χ2v) is 13.6. The standard InChI is InChI=1S/C37H32Cl2FN3O5S/c38-29-12-10-27(11-13-29)24-43(35(22-26-6-2-1-3-7-26)37(45)41-23-28-8-4-5-9-34(28)39)36(44)25-48-32-18-20-33(21-19-32)49(46,47)42-31-16-14-30(40)15-17-31/h1-21,35,42H,22-25H2,(H,41,45)/t35-/m0/s1. The van der Waals surface area contributed by atoms with Crippen molar-refractivity contribution in [1.29, 1.82) is 0 Å². The number of hydrogen-bond acceptors (Lipinski definition) is 5. The fraction of sp³-hybridized carbons (Fsp3) is 0.135. The van der Waals surface area contributed by atoms with E-state index < -0.39 is 34.4 Å². The lowest BCUT2D eigenvalue weighted by atomic mass is 10.0. The van der Waals surface area contributed by atoms with E-state index in [-0.39, 0.29) is 41.7 Å². The number of anilines is 1. The van der Waals surface area contributed by atoms with E-state index in [4.69, 9.17) is 27.9 Å². The highest BCUT2D eigenvalue weighted by Gasteiger charge is 2.31. The molecule has 5 rings (SSSR count). The van der Waals surface area contributed by atoms with Crippen LogP contribution in [0.5, 0.6) is 5.75 Å². The van der Waals surface area contributed by atoms with E-state index in [1.54, 1.807) is 36.4 Å². The number of nitrogens with one attached hydrogen (secondary N) is 2. The van der Waals surface area contributed by atoms with Crippen LogP contribution in [0.1, 0.15) is 16.7 Å². The highest BCUT2D eigenvalue weighted by atomic mass is 35.5. The lowest BCUT2D eigenvalue weighted by molar-refractivity contribution is -0.142. The Morgan fingerprint density at radius 3 is 2.10 bits per heavy atom. The highest BCUT2D eigenvalue weighted by Crippen LogP contribution is 2.22. The molecule has 0 unspecified atom stereocenters. The predicted octanol–water partition coefficient (Wildman–Crippen LogP) is 7.27. The van der Waals surface area contributed by atoms with E-state index in [0.717, 1.165) is 28.8 Å². The summed E-state index contributed by atoms with van der Waals surface area (Å²) in [5, 5.41) is 3.98. The molecule has 1 atom stereocenters. The van der Waals surface area contributed by atoms with Gasteiger partial charge < -0.3 is 15.0 Å². The monoisotopic (exact) mass is 719 g/mol. The van der Waals surface area contributed by atoms with Gasteiger partial charge in [0.1, 0.15) is 17.6 Å². The second-order valence-electron chi connectivity index (χ2n) is 11.0. The van der Waals surface area contributed by atoms with Gasteiger partial charge in [0.15, 0.2) is 6.61 Å². The Balaban J connectivity index is 1.35. The lowest BCUT2D eigenvalue weighted by Crippen LogP contribution is -2.51. The van der Waals surface area contributed by atoms with E-state index >= 15 is 0 Å². The Bertz CT molecular complexity index is 1980. The molecule has 0 aromatic heterocycles. The summed E-state index contributed by atoms with van der Waals surface area (Å²) in [6.07, 6.45) is 0.224. The first-order chi connectivity index (χ1) is 23.6. The predicted molar refractivity (Wildman–Crippen MR) is 188 cm³/mol. The number of benzene rings is 5. The van der Waals surface area contributed by atoms with Gasteiger partial charge in [-0.2, -0.15) is 0 Å². The summed E-state index contributed by atoms with van der Waals surface area (Å²) in [6, 6.07) is 33.0. The van der Waals surface area contributed by atoms with Crippen LogP contribution in [0.15, 0.2) is 132 Å². The van der Waals surface area contributed by atoms with Gasteiger partial charge in [0.2, 0.25) is 5.91 Å². The fourth-order valence-electron chi connectivity index (χ4n) is 4.96. The smallest absolute Gasteiger partial charge is 0.261 e. The maximum atomic E-state index is 13.9. The van der Waals surface area contributed by atoms with Crippen molar-refractivity contribution < 1.29 is 27.1 Å². The molecule has 2 N–H and O–H groups in total. The van der Waals surface area contributed by atoms with Crippen molar-refractivity contribution in [3.05, 3.63) is 160 Å². The Morgan fingerprint density at radius 2 is 1.43 bits per heavy atom. The number of hydrogen-bond donors (Lipinski definition) is 2. The number of halogens is 3. The number of carbonyl (C=O) groups excluding carboxylic acids is 2. The molecule has 252 valence electrons. The van der Waals surface area contributed by atoms with Crippen molar-refractivity contribution >= 4 is 50.7 Å². The summed E-state index contributed by atoms with van der Waals surface area (Å²) >= 11 is 12.4. The van der Waals surface area contributed by atoms with Crippen LogP contribution in [-0.2, 0) is 39.1 Å². The van der Waals surface area contributed by atoms with Gasteiger partial charge in [0.25, 0.3) is 15.9 Å². The molecule has 0 bridgehead atoms. The van der Waals surface area contributed by atoms with Crippen molar-refractivity contribution in [3.63, 3.8) is 0 Å². The van der Waals surface area contributed by atoms with Gasteiger partial charge >= 0.3 is 0 Å². The summed E-state index contributed by atoms with van der Waals surface area (Å²) in [4.78, 5) is 29.2. The van der Waals surface area contributed by atoms with E-state index in [2.05, 4.69) is 10.0 Å². The molecule has 0 saturated carbocycles. The molecule has 5 aromatic carbocycles. The van der Waals surface area contributed by atoms with Crippen molar-refractivity contribution in [2.75, 3.05) is 11.3 Å². The third-order valence-electron chi connectivity index (χ3n) is 7.54. The van der Waals surface area contributed by atoms with Crippen LogP contribution in [0.2, 0.25) is 10.0 Å². The van der Waals surface area contributed by atoms with Crippen LogP contribution in [0.25, 0.3) is 0 Å². The minimum Gasteiger partial charge on any atom is -0.484 e. The van der Waals surface area contributed by atoms with E-state index in [1.807, 2.05) is 42.5 Å². The average molecular weight is 721 g/mol. The van der Waals surface area contributed by atoms with E-state index in [9.17, 15) is 22.4 Å². The zero-order valence-corrected chi connectivity index (χ0v) is 28.4. The minimum atomic E-state index is -3.97. The normalized spacial score (nSPS) is 11.7. The Hall–Kier alpha value is -4.90. The Labute approximate surface area is 294 Å². The van der Waals surface area contributed by atoms with Crippen LogP contribution < -0.4 is 14.8 Å². The first-order valence-corrected chi connectivity index (χ1v) is 17.4. The zero-order valence-electron chi connectivity index (χ0n) is 26.1. The van der Waals surface area contributed by atoms with E-state index in [1.165, 1.54) is 41.3 Å². The van der Waals surface area contributed by atoms with Crippen LogP contribution in [0.3, 0.4) is 0 Å². The molecule has 8 nitrogen and oxygen atoms in total. The largest absolute Gasteiger partial charge is 0.484 e. The first kappa shape index (κ1) is 35.4. The van der Waals surface area contributed by atoms with Crippen LogP contribution in [-0.4, -0.2) is 37.8 Å². The summed E-state index contributed by atoms with van der Waals surface area (Å²) in [6.45, 7) is -0.187. The molecule has 0 aliphatic carbocycles. The molecule has 0 saturated heterocycles. The van der Waals surface area contributed by atoms with Crippen LogP contribution >= 0.6 is 23.2 Å². The molecule has 5 aromatic rings. The van der Waals surface area contributed by atoms with Crippen molar-refractivity contribution in [1.82, 2.24) is 10.2 Å². The topological polar surface area (TPSA) is 105 Å². The minimum absolute atomic E-state index is 0.0574. The third kappa shape index (κ3) is 10.1. The molecule has 12 heteroatoms. The summed E-state index contributed by atoms with van der Waals surface area (Å²) in [7, 11) is -3.97. The third-order valence-corrected chi connectivity index (χ3v) is 9.56. The van der Waals surface area contributed by atoms with Gasteiger partial charge in [-0.1, -0.05) is 83.9 Å². The zero-order chi connectivity index (χ0) is 34.8. The maximum Gasteiger partial charge on any atom is 0.261 e. The summed E-state index contributed by atoms with van der Waals surface area (Å²) in [5.74, 6) is -1.11. The lowest BCUT2D eigenvalue weighted by Gasteiger charge is -2.31. The number of amides is 2. The number of rotatable bonds is 14. The molecule has 0 heterocycles. The van der Waals surface area contributed by atoms with Gasteiger partial charge in [-0.25, -0.2) is 12.8 Å². The van der Waals surface area contributed by atoms with Crippen LogP contribution in [0.4, 0.5) is 10.1 Å². The number of sulfonamides is 1. The number of carbonyl (C=O) groups is 2. The average Bonchev–Trinajstić information content (AvgIpc) is 3.10. The molecule has 49 heavy (non-hydrogen) atoms. The van der Waals surface area contributed by atoms with Gasteiger partial charge in [0.05, 0.1) is 4.90 Å². The van der Waals surface area contributed by atoms with Crippen molar-refractivity contribution in [2.24, 2.45) is 0 Å². The van der Waals surface area contributed by atoms with Crippen molar-refractivity contribution in [3.8, 4) is 5.75 Å². The highest BCUT2D eigenvalue weighted by molar-refractivity contribution is 7.92. The molecule has 0 radical (unpaired) electrons. The molecule has 0 aliphatic rings. The molecule has 0 fully saturated rings. The van der Waals surface area contributed by atoms with Crippen molar-refractivity contribution in [2.45, 2.75) is 30.4 Å². The first-order valence-electron chi connectivity index (χ1n) is 15.2. The van der Waals surface area contributed by atoms with Gasteiger partial charge in [-0.05, 0) is 83.4 Å². The number of nitrogens with zero attached hydrogens (tertiary/aromatic N) is 1. The summed E-state index contributed by atoms with van der Waals surface area (Å²) in [5.41, 5.74) is 2.53. The van der Waals surface area contributed by atoms with Gasteiger partial charge in [-0.3, -0.25) is 14.3 Å². The molecular formula is C37H32Cl2FN3O5S. The Kier molecular flexibility index (Phi) is 11.9. The van der Waals surface area contributed by atoms with E-state index in [0.29, 0.717) is 10.0 Å². The van der Waals surface area contributed by atoms with Crippen LogP contribution in [0, 0.1) is 5.82 Å². The summed E-state index contributed by atoms with van der Waals surface area (Å²) < 4.78 is 47.1. The number of ether oxygens (including phenoxy) is 1. The molecule has 0 spiro atoms. The fourth-order valence-corrected chi connectivity index (χ4v) is 6.34.